The highest BCUT2D eigenvalue weighted by Crippen LogP contribution is 2.23. The van der Waals surface area contributed by atoms with Gasteiger partial charge >= 0.3 is 0 Å². The Morgan fingerprint density at radius 3 is 2.40 bits per heavy atom. The van der Waals surface area contributed by atoms with Crippen molar-refractivity contribution in [2.45, 2.75) is 33.0 Å². The zero-order valence-electron chi connectivity index (χ0n) is 14.4. The molecule has 2 aromatic carbocycles. The van der Waals surface area contributed by atoms with Crippen molar-refractivity contribution in [1.82, 2.24) is 16.4 Å². The van der Waals surface area contributed by atoms with Gasteiger partial charge in [-0.2, -0.15) is 5.53 Å². The average molecular weight is 360 g/mol. The Labute approximate surface area is 152 Å². The van der Waals surface area contributed by atoms with Crippen LogP contribution in [-0.4, -0.2) is 18.1 Å². The van der Waals surface area contributed by atoms with Crippen molar-refractivity contribution in [3.63, 3.8) is 0 Å². The van der Waals surface area contributed by atoms with Gasteiger partial charge in [0, 0.05) is 5.69 Å². The smallest absolute Gasteiger partial charge is 0.246 e. The number of halogens is 1. The van der Waals surface area contributed by atoms with Crippen molar-refractivity contribution >= 4 is 28.9 Å². The molecular weight excluding hydrogens is 338 g/mol. The Morgan fingerprint density at radius 2 is 1.72 bits per heavy atom. The van der Waals surface area contributed by atoms with Crippen LogP contribution in [0.25, 0.3) is 0 Å². The third-order valence-electron chi connectivity index (χ3n) is 4.00. The molecule has 2 atom stereocenters. The van der Waals surface area contributed by atoms with Gasteiger partial charge in [-0.05, 0) is 61.7 Å². The molecule has 1 amide bonds. The molecule has 1 aliphatic rings. The Balaban J connectivity index is 1.71. The van der Waals surface area contributed by atoms with Crippen LogP contribution in [-0.2, 0) is 4.79 Å². The zero-order valence-corrected chi connectivity index (χ0v) is 15.2. The minimum absolute atomic E-state index is 0.190. The standard InChI is InChI=1S/C18H22ClN5O/c1-10-4-5-15(14(19)9-10)21-18(25)16-17(23-24-22-16)20-13-7-11(2)6-12(3)8-13/h4-9,16-17,20,22-24H,1-3H3,(H,21,25). The van der Waals surface area contributed by atoms with E-state index >= 15 is 0 Å². The normalized spacial score (nSPS) is 19.7. The van der Waals surface area contributed by atoms with Gasteiger partial charge < -0.3 is 10.6 Å². The van der Waals surface area contributed by atoms with E-state index in [-0.39, 0.29) is 12.1 Å². The second-order valence-electron chi connectivity index (χ2n) is 6.36. The highest BCUT2D eigenvalue weighted by Gasteiger charge is 2.33. The van der Waals surface area contributed by atoms with Crippen LogP contribution in [0.1, 0.15) is 16.7 Å². The van der Waals surface area contributed by atoms with Crippen LogP contribution in [0.15, 0.2) is 36.4 Å². The Morgan fingerprint density at radius 1 is 1.00 bits per heavy atom. The lowest BCUT2D eigenvalue weighted by atomic mass is 10.1. The Hall–Kier alpha value is -2.12. The fraction of sp³-hybridized carbons (Fsp3) is 0.278. The third-order valence-corrected chi connectivity index (χ3v) is 4.31. The van der Waals surface area contributed by atoms with Gasteiger partial charge in [0.1, 0.15) is 12.2 Å². The Bertz CT molecular complexity index is 775. The van der Waals surface area contributed by atoms with Gasteiger partial charge in [-0.3, -0.25) is 4.79 Å². The molecular formula is C18H22ClN5O. The van der Waals surface area contributed by atoms with E-state index in [9.17, 15) is 4.79 Å². The monoisotopic (exact) mass is 359 g/mol. The maximum absolute atomic E-state index is 12.6. The van der Waals surface area contributed by atoms with Crippen molar-refractivity contribution in [2.24, 2.45) is 0 Å². The molecule has 3 rings (SSSR count). The fourth-order valence-electron chi connectivity index (χ4n) is 2.87. The van der Waals surface area contributed by atoms with Crippen molar-refractivity contribution in [1.29, 1.82) is 0 Å². The molecule has 0 saturated carbocycles. The zero-order chi connectivity index (χ0) is 18.0. The van der Waals surface area contributed by atoms with E-state index in [4.69, 9.17) is 11.6 Å². The summed E-state index contributed by atoms with van der Waals surface area (Å²) in [5.74, 6) is -0.190. The van der Waals surface area contributed by atoms with Crippen LogP contribution in [0.2, 0.25) is 5.02 Å². The van der Waals surface area contributed by atoms with Gasteiger partial charge in [-0.1, -0.05) is 23.7 Å². The van der Waals surface area contributed by atoms with Gasteiger partial charge in [0.05, 0.1) is 10.7 Å². The van der Waals surface area contributed by atoms with Gasteiger partial charge in [-0.15, -0.1) is 0 Å². The minimum atomic E-state index is -0.516. The van der Waals surface area contributed by atoms with E-state index < -0.39 is 6.04 Å². The number of rotatable bonds is 4. The van der Waals surface area contributed by atoms with E-state index in [2.05, 4.69) is 33.1 Å². The largest absolute Gasteiger partial charge is 0.367 e. The topological polar surface area (TPSA) is 77.2 Å². The number of carbonyl (C=O) groups is 1. The number of hydrogen-bond acceptors (Lipinski definition) is 5. The number of aryl methyl sites for hydroxylation is 3. The number of hydrogen-bond donors (Lipinski definition) is 5. The molecule has 5 N–H and O–H groups in total. The molecule has 1 aliphatic heterocycles. The number of anilines is 2. The molecule has 0 spiro atoms. The lowest BCUT2D eigenvalue weighted by Crippen LogP contribution is -2.48. The first-order valence-electron chi connectivity index (χ1n) is 8.10. The second kappa shape index (κ2) is 7.41. The number of nitrogens with one attached hydrogen (secondary N) is 5. The summed E-state index contributed by atoms with van der Waals surface area (Å²) in [6, 6.07) is 11.2. The molecule has 1 saturated heterocycles. The van der Waals surface area contributed by atoms with Crippen molar-refractivity contribution in [3.05, 3.63) is 58.1 Å². The summed E-state index contributed by atoms with van der Waals surface area (Å²) in [5.41, 5.74) is 13.7. The van der Waals surface area contributed by atoms with Crippen LogP contribution in [0.5, 0.6) is 0 Å². The second-order valence-corrected chi connectivity index (χ2v) is 6.77. The molecule has 0 aliphatic carbocycles. The van der Waals surface area contributed by atoms with Crippen molar-refractivity contribution < 1.29 is 4.79 Å². The maximum atomic E-state index is 12.6. The van der Waals surface area contributed by atoms with Gasteiger partial charge in [0.25, 0.3) is 0 Å². The predicted molar refractivity (Wildman–Crippen MR) is 101 cm³/mol. The molecule has 1 heterocycles. The maximum Gasteiger partial charge on any atom is 0.246 e. The minimum Gasteiger partial charge on any atom is -0.367 e. The summed E-state index contributed by atoms with van der Waals surface area (Å²) in [7, 11) is 0. The van der Waals surface area contributed by atoms with E-state index in [0.29, 0.717) is 10.7 Å². The van der Waals surface area contributed by atoms with Gasteiger partial charge in [0.15, 0.2) is 0 Å². The summed E-state index contributed by atoms with van der Waals surface area (Å²) in [4.78, 5) is 12.6. The van der Waals surface area contributed by atoms with Crippen LogP contribution >= 0.6 is 11.6 Å². The van der Waals surface area contributed by atoms with Crippen LogP contribution < -0.4 is 27.0 Å². The van der Waals surface area contributed by atoms with E-state index in [1.165, 1.54) is 0 Å². The molecule has 0 bridgehead atoms. The lowest BCUT2D eigenvalue weighted by Gasteiger charge is -2.21. The first-order valence-corrected chi connectivity index (χ1v) is 8.48. The summed E-state index contributed by atoms with van der Waals surface area (Å²) < 4.78 is 0. The van der Waals surface area contributed by atoms with Gasteiger partial charge in [-0.25, -0.2) is 10.9 Å². The number of amides is 1. The number of carbonyl (C=O) groups excluding carboxylic acids is 1. The molecule has 2 unspecified atom stereocenters. The van der Waals surface area contributed by atoms with Gasteiger partial charge in [0.2, 0.25) is 5.91 Å². The summed E-state index contributed by atoms with van der Waals surface area (Å²) in [6.45, 7) is 6.04. The number of hydrazine groups is 2. The van der Waals surface area contributed by atoms with Crippen LogP contribution in [0.3, 0.4) is 0 Å². The van der Waals surface area contributed by atoms with Crippen molar-refractivity contribution in [3.8, 4) is 0 Å². The number of benzene rings is 2. The molecule has 7 heteroatoms. The molecule has 0 aromatic heterocycles. The quantitative estimate of drug-likeness (QED) is 0.580. The summed E-state index contributed by atoms with van der Waals surface area (Å²) in [6.07, 6.45) is -0.314. The average Bonchev–Trinajstić information content (AvgIpc) is 2.97. The molecule has 25 heavy (non-hydrogen) atoms. The highest BCUT2D eigenvalue weighted by molar-refractivity contribution is 6.33. The molecule has 0 radical (unpaired) electrons. The SMILES string of the molecule is Cc1cc(C)cc(NC2NNNC2C(=O)Nc2ccc(C)cc2Cl)c1. The molecule has 132 valence electrons. The van der Waals surface area contributed by atoms with E-state index in [1.807, 2.05) is 45.0 Å². The summed E-state index contributed by atoms with van der Waals surface area (Å²) >= 11 is 6.20. The van der Waals surface area contributed by atoms with Crippen LogP contribution in [0, 0.1) is 20.8 Å². The summed E-state index contributed by atoms with van der Waals surface area (Å²) in [5, 5.41) is 6.72. The lowest BCUT2D eigenvalue weighted by molar-refractivity contribution is -0.118. The third kappa shape index (κ3) is 4.29. The predicted octanol–water partition coefficient (Wildman–Crippen LogP) is 2.62. The fourth-order valence-corrected chi connectivity index (χ4v) is 3.15. The molecule has 1 fully saturated rings. The molecule has 6 nitrogen and oxygen atoms in total. The first-order chi connectivity index (χ1) is 11.9. The highest BCUT2D eigenvalue weighted by atomic mass is 35.5. The van der Waals surface area contributed by atoms with Crippen LogP contribution in [0.4, 0.5) is 11.4 Å². The first kappa shape index (κ1) is 17.7. The molecule has 2 aromatic rings. The Kier molecular flexibility index (Phi) is 5.24. The van der Waals surface area contributed by atoms with Crippen molar-refractivity contribution in [2.75, 3.05) is 10.6 Å². The van der Waals surface area contributed by atoms with E-state index in [1.54, 1.807) is 6.07 Å². The van der Waals surface area contributed by atoms with E-state index in [0.717, 1.165) is 22.4 Å².